The molecule has 0 radical (unpaired) electrons. The highest BCUT2D eigenvalue weighted by molar-refractivity contribution is 5.94. The van der Waals surface area contributed by atoms with E-state index in [1.54, 1.807) is 0 Å². The van der Waals surface area contributed by atoms with Crippen molar-refractivity contribution in [1.82, 2.24) is 25.6 Å². The molecule has 10 nitrogen and oxygen atoms in total. The molecule has 110 valence electrons. The van der Waals surface area contributed by atoms with Gasteiger partial charge >= 0.3 is 5.97 Å². The van der Waals surface area contributed by atoms with Crippen molar-refractivity contribution in [3.63, 3.8) is 0 Å². The molecule has 2 amide bonds. The number of carboxylic acids is 1. The van der Waals surface area contributed by atoms with Crippen molar-refractivity contribution in [2.24, 2.45) is 0 Å². The van der Waals surface area contributed by atoms with E-state index in [1.807, 2.05) is 0 Å². The highest BCUT2D eigenvalue weighted by Crippen LogP contribution is 1.92. The van der Waals surface area contributed by atoms with E-state index in [1.165, 1.54) is 13.3 Å². The van der Waals surface area contributed by atoms with Gasteiger partial charge in [0, 0.05) is 13.7 Å². The lowest BCUT2D eigenvalue weighted by atomic mass is 10.4. The van der Waals surface area contributed by atoms with E-state index >= 15 is 0 Å². The highest BCUT2D eigenvalue weighted by atomic mass is 16.5. The molecule has 1 aromatic heterocycles. The number of methoxy groups -OCH3 is 1. The fourth-order valence-corrected chi connectivity index (χ4v) is 1.22. The molecule has 0 spiro atoms. The molecule has 1 aromatic rings. The van der Waals surface area contributed by atoms with Crippen LogP contribution >= 0.6 is 0 Å². The number of aliphatic carboxylic acids is 1. The number of nitrogens with zero attached hydrogens (tertiary/aromatic N) is 3. The van der Waals surface area contributed by atoms with Crippen molar-refractivity contribution in [2.75, 3.05) is 26.8 Å². The van der Waals surface area contributed by atoms with Crippen molar-refractivity contribution in [3.05, 3.63) is 11.9 Å². The SMILES string of the molecule is COCCNC(=O)CNC(=O)c1cn(CC(=O)O)nn1. The third kappa shape index (κ3) is 5.44. The van der Waals surface area contributed by atoms with Crippen LogP contribution in [0.4, 0.5) is 0 Å². The van der Waals surface area contributed by atoms with Gasteiger partial charge in [0.05, 0.1) is 19.3 Å². The molecular weight excluding hydrogens is 270 g/mol. The van der Waals surface area contributed by atoms with Crippen molar-refractivity contribution in [2.45, 2.75) is 6.54 Å². The lowest BCUT2D eigenvalue weighted by Crippen LogP contribution is -2.38. The zero-order chi connectivity index (χ0) is 15.0. The van der Waals surface area contributed by atoms with Gasteiger partial charge < -0.3 is 20.5 Å². The van der Waals surface area contributed by atoms with Crippen LogP contribution in [-0.4, -0.2) is 64.7 Å². The molecule has 0 aliphatic rings. The van der Waals surface area contributed by atoms with Crippen LogP contribution in [0.2, 0.25) is 0 Å². The van der Waals surface area contributed by atoms with Gasteiger partial charge in [-0.15, -0.1) is 5.10 Å². The number of rotatable bonds is 8. The minimum atomic E-state index is -1.10. The van der Waals surface area contributed by atoms with Crippen LogP contribution in [0.3, 0.4) is 0 Å². The number of amides is 2. The van der Waals surface area contributed by atoms with Crippen LogP contribution in [0.15, 0.2) is 6.20 Å². The molecule has 0 aromatic carbocycles. The van der Waals surface area contributed by atoms with Gasteiger partial charge in [0.25, 0.3) is 5.91 Å². The number of nitrogens with one attached hydrogen (secondary N) is 2. The molecule has 0 fully saturated rings. The first-order valence-electron chi connectivity index (χ1n) is 5.68. The van der Waals surface area contributed by atoms with Crippen LogP contribution in [-0.2, 0) is 20.9 Å². The summed E-state index contributed by atoms with van der Waals surface area (Å²) in [4.78, 5) is 33.3. The number of hydrogen-bond donors (Lipinski definition) is 3. The number of aromatic nitrogens is 3. The Kier molecular flexibility index (Phi) is 6.10. The van der Waals surface area contributed by atoms with Gasteiger partial charge in [-0.25, -0.2) is 4.68 Å². The number of ether oxygens (including phenoxy) is 1. The van der Waals surface area contributed by atoms with Gasteiger partial charge in [-0.1, -0.05) is 5.21 Å². The Hall–Kier alpha value is -2.49. The van der Waals surface area contributed by atoms with Crippen LogP contribution in [0.1, 0.15) is 10.5 Å². The smallest absolute Gasteiger partial charge is 0.325 e. The number of carbonyl (C=O) groups is 3. The highest BCUT2D eigenvalue weighted by Gasteiger charge is 2.12. The Labute approximate surface area is 114 Å². The lowest BCUT2D eigenvalue weighted by Gasteiger charge is -2.04. The Balaban J connectivity index is 2.37. The normalized spacial score (nSPS) is 10.1. The number of carbonyl (C=O) groups excluding carboxylic acids is 2. The maximum atomic E-state index is 11.6. The minimum Gasteiger partial charge on any atom is -0.480 e. The Bertz CT molecular complexity index is 486. The zero-order valence-electron chi connectivity index (χ0n) is 10.8. The summed E-state index contributed by atoms with van der Waals surface area (Å²) in [5.74, 6) is -2.07. The molecule has 10 heteroatoms. The van der Waals surface area contributed by atoms with Gasteiger partial charge in [-0.2, -0.15) is 0 Å². The van der Waals surface area contributed by atoms with E-state index in [-0.39, 0.29) is 18.1 Å². The summed E-state index contributed by atoms with van der Waals surface area (Å²) in [6.07, 6.45) is 1.19. The largest absolute Gasteiger partial charge is 0.480 e. The van der Waals surface area contributed by atoms with Crippen LogP contribution in [0.5, 0.6) is 0 Å². The van der Waals surface area contributed by atoms with E-state index in [2.05, 4.69) is 20.9 Å². The van der Waals surface area contributed by atoms with Gasteiger partial charge in [0.1, 0.15) is 6.54 Å². The van der Waals surface area contributed by atoms with Crippen molar-refractivity contribution in [3.8, 4) is 0 Å². The molecule has 0 unspecified atom stereocenters. The Morgan fingerprint density at radius 3 is 2.80 bits per heavy atom. The van der Waals surface area contributed by atoms with E-state index in [0.717, 1.165) is 4.68 Å². The first-order valence-corrected chi connectivity index (χ1v) is 5.68. The minimum absolute atomic E-state index is 0.0593. The summed E-state index contributed by atoms with van der Waals surface area (Å²) in [5, 5.41) is 20.4. The van der Waals surface area contributed by atoms with E-state index in [0.29, 0.717) is 13.2 Å². The topological polar surface area (TPSA) is 135 Å². The summed E-state index contributed by atoms with van der Waals surface area (Å²) in [6, 6.07) is 0. The molecular formula is C10H15N5O5. The van der Waals surface area contributed by atoms with Crippen molar-refractivity contribution in [1.29, 1.82) is 0 Å². The average molecular weight is 285 g/mol. The zero-order valence-corrected chi connectivity index (χ0v) is 10.8. The van der Waals surface area contributed by atoms with Crippen LogP contribution < -0.4 is 10.6 Å². The molecule has 0 saturated heterocycles. The standard InChI is InChI=1S/C10H15N5O5/c1-20-3-2-11-8(16)4-12-10(19)7-5-15(14-13-7)6-9(17)18/h5H,2-4,6H2,1H3,(H,11,16)(H,12,19)(H,17,18). The van der Waals surface area contributed by atoms with Gasteiger partial charge in [0.15, 0.2) is 5.69 Å². The number of hydrogen-bond acceptors (Lipinski definition) is 6. The second kappa shape index (κ2) is 7.84. The molecule has 20 heavy (non-hydrogen) atoms. The van der Waals surface area contributed by atoms with E-state index in [9.17, 15) is 14.4 Å². The second-order valence-electron chi connectivity index (χ2n) is 3.72. The molecule has 3 N–H and O–H groups in total. The first-order chi connectivity index (χ1) is 9.52. The molecule has 1 heterocycles. The molecule has 0 aliphatic heterocycles. The van der Waals surface area contributed by atoms with E-state index in [4.69, 9.17) is 9.84 Å². The quantitative estimate of drug-likeness (QED) is 0.463. The predicted molar refractivity (Wildman–Crippen MR) is 64.9 cm³/mol. The molecule has 1 rings (SSSR count). The average Bonchev–Trinajstić information content (AvgIpc) is 2.84. The van der Waals surface area contributed by atoms with Gasteiger partial charge in [-0.05, 0) is 0 Å². The summed E-state index contributed by atoms with van der Waals surface area (Å²) >= 11 is 0. The number of carboxylic acid groups (broad SMARTS) is 1. The lowest BCUT2D eigenvalue weighted by molar-refractivity contribution is -0.137. The maximum absolute atomic E-state index is 11.6. The predicted octanol–water partition coefficient (Wildman–Crippen LogP) is -2.14. The fourth-order valence-electron chi connectivity index (χ4n) is 1.22. The first kappa shape index (κ1) is 15.6. The monoisotopic (exact) mass is 285 g/mol. The summed E-state index contributed by atoms with van der Waals surface area (Å²) < 4.78 is 5.76. The third-order valence-corrected chi connectivity index (χ3v) is 2.11. The molecule has 0 saturated carbocycles. The molecule has 0 atom stereocenters. The maximum Gasteiger partial charge on any atom is 0.325 e. The Morgan fingerprint density at radius 1 is 1.40 bits per heavy atom. The summed E-state index contributed by atoms with van der Waals surface area (Å²) in [5.41, 5.74) is -0.0593. The third-order valence-electron chi connectivity index (χ3n) is 2.11. The van der Waals surface area contributed by atoms with Gasteiger partial charge in [0.2, 0.25) is 5.91 Å². The second-order valence-corrected chi connectivity index (χ2v) is 3.72. The summed E-state index contributed by atoms with van der Waals surface area (Å²) in [7, 11) is 1.51. The van der Waals surface area contributed by atoms with Crippen molar-refractivity contribution >= 4 is 17.8 Å². The van der Waals surface area contributed by atoms with Crippen molar-refractivity contribution < 1.29 is 24.2 Å². The van der Waals surface area contributed by atoms with Gasteiger partial charge in [-0.3, -0.25) is 14.4 Å². The molecule has 0 bridgehead atoms. The van der Waals surface area contributed by atoms with E-state index < -0.39 is 18.4 Å². The van der Waals surface area contributed by atoms with Crippen LogP contribution in [0.25, 0.3) is 0 Å². The fraction of sp³-hybridized carbons (Fsp3) is 0.500. The molecule has 0 aliphatic carbocycles. The van der Waals surface area contributed by atoms with Crippen LogP contribution in [0, 0.1) is 0 Å². The Morgan fingerprint density at radius 2 is 2.15 bits per heavy atom. The summed E-state index contributed by atoms with van der Waals surface area (Å²) in [6.45, 7) is 0.120.